The average Bonchev–Trinajstić information content (AvgIpc) is 3.41. The Bertz CT molecular complexity index is 1460. The summed E-state index contributed by atoms with van der Waals surface area (Å²) >= 11 is 1.30. The van der Waals surface area contributed by atoms with E-state index in [1.54, 1.807) is 37.4 Å². The van der Waals surface area contributed by atoms with E-state index in [2.05, 4.69) is 4.98 Å². The zero-order valence-corrected chi connectivity index (χ0v) is 20.2. The normalized spacial score (nSPS) is 17.2. The number of hydrogen-bond acceptors (Lipinski definition) is 7. The fourth-order valence-electron chi connectivity index (χ4n) is 4.17. The van der Waals surface area contributed by atoms with Gasteiger partial charge in [0.05, 0.1) is 28.9 Å². The molecule has 1 aromatic heterocycles. The van der Waals surface area contributed by atoms with Gasteiger partial charge in [-0.15, -0.1) is 0 Å². The number of ether oxygens (including phenoxy) is 1. The lowest BCUT2D eigenvalue weighted by atomic mass is 9.95. The van der Waals surface area contributed by atoms with Gasteiger partial charge in [0.25, 0.3) is 5.78 Å². The van der Waals surface area contributed by atoms with Crippen LogP contribution in [-0.4, -0.2) is 43.0 Å². The number of amides is 1. The van der Waals surface area contributed by atoms with Gasteiger partial charge in [-0.25, -0.2) is 4.98 Å². The van der Waals surface area contributed by atoms with Crippen molar-refractivity contribution in [2.24, 2.45) is 0 Å². The lowest BCUT2D eigenvalue weighted by Crippen LogP contribution is -2.29. The molecule has 4 aromatic rings. The number of benzene rings is 3. The highest BCUT2D eigenvalue weighted by molar-refractivity contribution is 7.22. The molecule has 1 aliphatic rings. The number of nitrogens with zero attached hydrogens (tertiary/aromatic N) is 3. The first-order chi connectivity index (χ1) is 16.9. The summed E-state index contributed by atoms with van der Waals surface area (Å²) in [5.41, 5.74) is 2.87. The van der Waals surface area contributed by atoms with Crippen LogP contribution in [0.3, 0.4) is 0 Å². The van der Waals surface area contributed by atoms with Crippen molar-refractivity contribution in [3.8, 4) is 5.75 Å². The van der Waals surface area contributed by atoms with Crippen LogP contribution in [0.1, 0.15) is 17.2 Å². The largest absolute Gasteiger partial charge is 0.507 e. The average molecular weight is 486 g/mol. The highest BCUT2D eigenvalue weighted by Crippen LogP contribution is 2.44. The maximum absolute atomic E-state index is 13.4. The molecule has 1 fully saturated rings. The first kappa shape index (κ1) is 22.6. The number of aromatic nitrogens is 1. The molecule has 1 N–H and O–H groups in total. The molecule has 1 aliphatic heterocycles. The van der Waals surface area contributed by atoms with Gasteiger partial charge in [0.15, 0.2) is 5.13 Å². The Hall–Kier alpha value is -4.17. The molecule has 2 heterocycles. The molecule has 35 heavy (non-hydrogen) atoms. The van der Waals surface area contributed by atoms with Crippen molar-refractivity contribution in [2.75, 3.05) is 31.0 Å². The van der Waals surface area contributed by atoms with Crippen molar-refractivity contribution in [1.29, 1.82) is 0 Å². The fraction of sp³-hybridized carbons (Fsp3) is 0.148. The van der Waals surface area contributed by atoms with E-state index in [4.69, 9.17) is 4.74 Å². The number of carbonyl (C=O) groups excluding carboxylic acids is 2. The van der Waals surface area contributed by atoms with E-state index in [0.29, 0.717) is 27.5 Å². The molecule has 3 aromatic carbocycles. The quantitative estimate of drug-likeness (QED) is 0.243. The summed E-state index contributed by atoms with van der Waals surface area (Å²) in [6.45, 7) is 0. The molecular formula is C27H23N3O4S. The Kier molecular flexibility index (Phi) is 5.74. The summed E-state index contributed by atoms with van der Waals surface area (Å²) in [7, 11) is 5.46. The number of thiazole rings is 1. The monoisotopic (exact) mass is 485 g/mol. The standard InChI is InChI=1S/C27H23N3O4S/c1-29(2)18-11-9-16(10-12-18)23-22(24(31)17-7-5-4-6-8-17)25(32)26(33)30(23)27-28-20-14-13-19(34-3)15-21(20)35-27/h4-15,23,31H,1-3H3. The molecule has 5 rings (SSSR count). The predicted molar refractivity (Wildman–Crippen MR) is 138 cm³/mol. The van der Waals surface area contributed by atoms with Gasteiger partial charge >= 0.3 is 5.91 Å². The molecule has 8 heteroatoms. The summed E-state index contributed by atoms with van der Waals surface area (Å²) in [6, 6.07) is 21.0. The molecule has 0 spiro atoms. The van der Waals surface area contributed by atoms with E-state index in [9.17, 15) is 14.7 Å². The van der Waals surface area contributed by atoms with Crippen molar-refractivity contribution in [1.82, 2.24) is 4.98 Å². The highest BCUT2D eigenvalue weighted by Gasteiger charge is 2.48. The van der Waals surface area contributed by atoms with Crippen LogP contribution in [0.5, 0.6) is 5.75 Å². The van der Waals surface area contributed by atoms with Crippen molar-refractivity contribution in [3.05, 3.63) is 89.5 Å². The van der Waals surface area contributed by atoms with Crippen molar-refractivity contribution in [2.45, 2.75) is 6.04 Å². The maximum Gasteiger partial charge on any atom is 0.301 e. The molecule has 0 radical (unpaired) electrons. The number of Topliss-reactive ketones (excluding diaryl/α,β-unsaturated/α-hetero) is 1. The number of ketones is 1. The zero-order chi connectivity index (χ0) is 24.7. The third kappa shape index (κ3) is 3.91. The zero-order valence-electron chi connectivity index (χ0n) is 19.4. The van der Waals surface area contributed by atoms with Crippen LogP contribution in [0.4, 0.5) is 10.8 Å². The maximum atomic E-state index is 13.4. The van der Waals surface area contributed by atoms with Crippen LogP contribution in [-0.2, 0) is 9.59 Å². The van der Waals surface area contributed by atoms with Gasteiger partial charge < -0.3 is 14.7 Å². The van der Waals surface area contributed by atoms with E-state index in [1.165, 1.54) is 16.2 Å². The number of aliphatic hydroxyl groups is 1. The summed E-state index contributed by atoms with van der Waals surface area (Å²) in [4.78, 5) is 34.7. The predicted octanol–water partition coefficient (Wildman–Crippen LogP) is 5.00. The van der Waals surface area contributed by atoms with Crippen molar-refractivity contribution >= 4 is 49.8 Å². The molecule has 0 aliphatic carbocycles. The Balaban J connectivity index is 1.70. The van der Waals surface area contributed by atoms with Crippen LogP contribution >= 0.6 is 11.3 Å². The molecular weight excluding hydrogens is 462 g/mol. The van der Waals surface area contributed by atoms with Gasteiger partial charge in [-0.05, 0) is 35.9 Å². The van der Waals surface area contributed by atoms with Gasteiger partial charge in [-0.1, -0.05) is 53.8 Å². The molecule has 0 saturated carbocycles. The van der Waals surface area contributed by atoms with Gasteiger partial charge in [0.1, 0.15) is 11.5 Å². The summed E-state index contributed by atoms with van der Waals surface area (Å²) < 4.78 is 6.14. The van der Waals surface area contributed by atoms with E-state index < -0.39 is 17.7 Å². The molecule has 1 atom stereocenters. The molecule has 0 bridgehead atoms. The van der Waals surface area contributed by atoms with Crippen LogP contribution in [0, 0.1) is 0 Å². The van der Waals surface area contributed by atoms with Gasteiger partial charge in [0.2, 0.25) is 0 Å². The Morgan fingerprint density at radius 1 is 1.03 bits per heavy atom. The van der Waals surface area contributed by atoms with Crippen LogP contribution < -0.4 is 14.5 Å². The SMILES string of the molecule is COc1ccc2nc(N3C(=O)C(=O)C(=C(O)c4ccccc4)C3c3ccc(N(C)C)cc3)sc2c1. The third-order valence-electron chi connectivity index (χ3n) is 6.01. The molecule has 176 valence electrons. The number of fused-ring (bicyclic) bond motifs is 1. The van der Waals surface area contributed by atoms with Crippen LogP contribution in [0.2, 0.25) is 0 Å². The topological polar surface area (TPSA) is 83.0 Å². The molecule has 7 nitrogen and oxygen atoms in total. The Morgan fingerprint density at radius 3 is 2.40 bits per heavy atom. The van der Waals surface area contributed by atoms with E-state index in [1.807, 2.05) is 61.5 Å². The van der Waals surface area contributed by atoms with Gasteiger partial charge in [0, 0.05) is 25.3 Å². The first-order valence-corrected chi connectivity index (χ1v) is 11.8. The minimum absolute atomic E-state index is 0.0376. The second-order valence-corrected chi connectivity index (χ2v) is 9.36. The summed E-state index contributed by atoms with van der Waals surface area (Å²) in [5, 5.41) is 11.6. The number of hydrogen-bond donors (Lipinski definition) is 1. The van der Waals surface area contributed by atoms with Gasteiger partial charge in [-0.2, -0.15) is 0 Å². The molecule has 1 amide bonds. The van der Waals surface area contributed by atoms with Crippen molar-refractivity contribution < 1.29 is 19.4 Å². The second kappa shape index (κ2) is 8.88. The van der Waals surface area contributed by atoms with Crippen LogP contribution in [0.15, 0.2) is 78.4 Å². The van der Waals surface area contributed by atoms with Gasteiger partial charge in [-0.3, -0.25) is 14.5 Å². The minimum atomic E-state index is -0.825. The summed E-state index contributed by atoms with van der Waals surface area (Å²) in [5.74, 6) is -1.01. The number of rotatable bonds is 5. The third-order valence-corrected chi connectivity index (χ3v) is 7.02. The lowest BCUT2D eigenvalue weighted by molar-refractivity contribution is -0.132. The smallest absolute Gasteiger partial charge is 0.301 e. The van der Waals surface area contributed by atoms with E-state index >= 15 is 0 Å². The van der Waals surface area contributed by atoms with E-state index in [-0.39, 0.29) is 11.3 Å². The second-order valence-electron chi connectivity index (χ2n) is 8.35. The summed E-state index contributed by atoms with van der Waals surface area (Å²) in [6.07, 6.45) is 0. The van der Waals surface area contributed by atoms with E-state index in [0.717, 1.165) is 10.4 Å². The first-order valence-electron chi connectivity index (χ1n) is 11.0. The Labute approximate surface area is 206 Å². The highest BCUT2D eigenvalue weighted by atomic mass is 32.1. The number of methoxy groups -OCH3 is 1. The lowest BCUT2D eigenvalue weighted by Gasteiger charge is -2.23. The fourth-order valence-corrected chi connectivity index (χ4v) is 5.19. The number of aliphatic hydroxyl groups excluding tert-OH is 1. The molecule has 1 unspecified atom stereocenters. The van der Waals surface area contributed by atoms with Crippen molar-refractivity contribution in [3.63, 3.8) is 0 Å². The number of anilines is 2. The number of carbonyl (C=O) groups is 2. The Morgan fingerprint density at radius 2 is 1.74 bits per heavy atom. The minimum Gasteiger partial charge on any atom is -0.507 e. The van der Waals surface area contributed by atoms with Crippen LogP contribution in [0.25, 0.3) is 16.0 Å². The molecule has 1 saturated heterocycles.